The summed E-state index contributed by atoms with van der Waals surface area (Å²) in [6, 6.07) is 4.69. The van der Waals surface area contributed by atoms with E-state index in [-0.39, 0.29) is 5.82 Å². The fourth-order valence-electron chi connectivity index (χ4n) is 2.06. The molecule has 114 valence electrons. The molecule has 0 fully saturated rings. The lowest BCUT2D eigenvalue weighted by molar-refractivity contribution is 0.199. The van der Waals surface area contributed by atoms with Gasteiger partial charge in [0.15, 0.2) is 0 Å². The van der Waals surface area contributed by atoms with Gasteiger partial charge in [-0.3, -0.25) is 4.68 Å². The summed E-state index contributed by atoms with van der Waals surface area (Å²) in [5.41, 5.74) is 2.46. The molecule has 0 amide bonds. The van der Waals surface area contributed by atoms with Crippen LogP contribution in [-0.4, -0.2) is 30.0 Å². The molecule has 0 aliphatic heterocycles. The van der Waals surface area contributed by atoms with E-state index < -0.39 is 0 Å². The van der Waals surface area contributed by atoms with Crippen LogP contribution in [0.25, 0.3) is 0 Å². The molecule has 0 radical (unpaired) electrons. The lowest BCUT2D eigenvalue weighted by atomic mass is 10.2. The third kappa shape index (κ3) is 4.27. The van der Waals surface area contributed by atoms with Crippen molar-refractivity contribution in [2.75, 3.05) is 20.3 Å². The molecule has 4 nitrogen and oxygen atoms in total. The molecule has 1 aromatic carbocycles. The predicted octanol–water partition coefficient (Wildman–Crippen LogP) is 2.77. The van der Waals surface area contributed by atoms with Gasteiger partial charge in [-0.15, -0.1) is 0 Å². The first-order valence-electron chi connectivity index (χ1n) is 6.77. The first kappa shape index (κ1) is 15.9. The highest BCUT2D eigenvalue weighted by Crippen LogP contribution is 2.20. The van der Waals surface area contributed by atoms with Gasteiger partial charge in [-0.25, -0.2) is 4.39 Å². The molecule has 2 rings (SSSR count). The second-order valence-electron chi connectivity index (χ2n) is 4.81. The highest BCUT2D eigenvalue weighted by atomic mass is 35.5. The Bertz CT molecular complexity index is 580. The minimum Gasteiger partial charge on any atom is -0.383 e. The van der Waals surface area contributed by atoms with Crippen LogP contribution in [0.4, 0.5) is 4.39 Å². The average Bonchev–Trinajstić information content (AvgIpc) is 2.80. The molecular formula is C15H19ClFN3O. The molecule has 0 unspecified atom stereocenters. The Morgan fingerprint density at radius 3 is 2.95 bits per heavy atom. The molecule has 6 heteroatoms. The lowest BCUT2D eigenvalue weighted by Crippen LogP contribution is -2.18. The van der Waals surface area contributed by atoms with Crippen molar-refractivity contribution in [3.8, 4) is 0 Å². The van der Waals surface area contributed by atoms with E-state index in [1.54, 1.807) is 23.9 Å². The zero-order valence-corrected chi connectivity index (χ0v) is 13.0. The largest absolute Gasteiger partial charge is 0.383 e. The Hall–Kier alpha value is -1.43. The Morgan fingerprint density at radius 1 is 1.43 bits per heavy atom. The topological polar surface area (TPSA) is 39.1 Å². The molecule has 0 atom stereocenters. The number of aromatic nitrogens is 2. The van der Waals surface area contributed by atoms with E-state index in [2.05, 4.69) is 10.4 Å². The molecule has 2 aromatic rings. The summed E-state index contributed by atoms with van der Waals surface area (Å²) >= 11 is 6.04. The number of nitrogens with one attached hydrogen (secondary N) is 1. The number of halogens is 2. The van der Waals surface area contributed by atoms with Gasteiger partial charge in [-0.05, 0) is 19.1 Å². The third-order valence-electron chi connectivity index (χ3n) is 3.23. The van der Waals surface area contributed by atoms with Gasteiger partial charge >= 0.3 is 0 Å². The summed E-state index contributed by atoms with van der Waals surface area (Å²) in [5, 5.41) is 8.09. The van der Waals surface area contributed by atoms with E-state index in [1.807, 2.05) is 13.1 Å². The molecule has 0 saturated heterocycles. The minimum atomic E-state index is -0.310. The molecular weight excluding hydrogens is 293 g/mol. The van der Waals surface area contributed by atoms with Crippen molar-refractivity contribution in [1.29, 1.82) is 0 Å². The fraction of sp³-hybridized carbons (Fsp3) is 0.400. The molecule has 1 aromatic heterocycles. The zero-order chi connectivity index (χ0) is 15.2. The second-order valence-corrected chi connectivity index (χ2v) is 5.21. The first-order chi connectivity index (χ1) is 10.1. The SMILES string of the molecule is COCCNCc1cn(Cc2c(F)cccc2Cl)nc1C. The molecule has 0 bridgehead atoms. The van der Waals surface area contributed by atoms with Crippen molar-refractivity contribution in [2.45, 2.75) is 20.0 Å². The number of methoxy groups -OCH3 is 1. The number of nitrogens with zero attached hydrogens (tertiary/aromatic N) is 2. The molecule has 0 aliphatic carbocycles. The maximum atomic E-state index is 13.8. The molecule has 0 aliphatic rings. The predicted molar refractivity (Wildman–Crippen MR) is 81.1 cm³/mol. The van der Waals surface area contributed by atoms with Crippen molar-refractivity contribution >= 4 is 11.6 Å². The van der Waals surface area contributed by atoms with Crippen LogP contribution < -0.4 is 5.32 Å². The highest BCUT2D eigenvalue weighted by Gasteiger charge is 2.10. The number of hydrogen-bond acceptors (Lipinski definition) is 3. The van der Waals surface area contributed by atoms with Crippen LogP contribution in [0.1, 0.15) is 16.8 Å². The summed E-state index contributed by atoms with van der Waals surface area (Å²) in [5.74, 6) is -0.310. The first-order valence-corrected chi connectivity index (χ1v) is 7.15. The summed E-state index contributed by atoms with van der Waals surface area (Å²) in [6.07, 6.45) is 1.91. The van der Waals surface area contributed by atoms with E-state index in [4.69, 9.17) is 16.3 Å². The molecule has 21 heavy (non-hydrogen) atoms. The number of rotatable bonds is 7. The van der Waals surface area contributed by atoms with Crippen LogP contribution in [0.5, 0.6) is 0 Å². The second kappa shape index (κ2) is 7.54. The fourth-order valence-corrected chi connectivity index (χ4v) is 2.28. The van der Waals surface area contributed by atoms with Crippen molar-refractivity contribution in [3.05, 3.63) is 52.1 Å². The van der Waals surface area contributed by atoms with Crippen LogP contribution in [-0.2, 0) is 17.8 Å². The third-order valence-corrected chi connectivity index (χ3v) is 3.58. The van der Waals surface area contributed by atoms with E-state index in [1.165, 1.54) is 6.07 Å². The highest BCUT2D eigenvalue weighted by molar-refractivity contribution is 6.31. The van der Waals surface area contributed by atoms with Gasteiger partial charge in [0.25, 0.3) is 0 Å². The minimum absolute atomic E-state index is 0.310. The maximum absolute atomic E-state index is 13.8. The van der Waals surface area contributed by atoms with Gasteiger partial charge in [0.1, 0.15) is 5.82 Å². The van der Waals surface area contributed by atoms with Crippen molar-refractivity contribution < 1.29 is 9.13 Å². The Kier molecular flexibility index (Phi) is 5.73. The van der Waals surface area contributed by atoms with Crippen LogP contribution in [0.2, 0.25) is 5.02 Å². The van der Waals surface area contributed by atoms with Crippen molar-refractivity contribution in [3.63, 3.8) is 0 Å². The van der Waals surface area contributed by atoms with Gasteiger partial charge < -0.3 is 10.1 Å². The number of aryl methyl sites for hydroxylation is 1. The van der Waals surface area contributed by atoms with E-state index in [0.29, 0.717) is 30.3 Å². The smallest absolute Gasteiger partial charge is 0.129 e. The van der Waals surface area contributed by atoms with Gasteiger partial charge in [-0.1, -0.05) is 17.7 Å². The van der Waals surface area contributed by atoms with Crippen LogP contribution in [0.3, 0.4) is 0 Å². The molecule has 1 heterocycles. The number of ether oxygens (including phenoxy) is 1. The summed E-state index contributed by atoms with van der Waals surface area (Å²) in [6.45, 7) is 4.41. The van der Waals surface area contributed by atoms with E-state index in [9.17, 15) is 4.39 Å². The quantitative estimate of drug-likeness (QED) is 0.799. The van der Waals surface area contributed by atoms with Gasteiger partial charge in [0.05, 0.1) is 18.8 Å². The average molecular weight is 312 g/mol. The maximum Gasteiger partial charge on any atom is 0.129 e. The van der Waals surface area contributed by atoms with Crippen molar-refractivity contribution in [2.24, 2.45) is 0 Å². The normalized spacial score (nSPS) is 11.0. The Morgan fingerprint density at radius 2 is 2.24 bits per heavy atom. The lowest BCUT2D eigenvalue weighted by Gasteiger charge is -2.05. The van der Waals surface area contributed by atoms with Crippen LogP contribution in [0, 0.1) is 12.7 Å². The zero-order valence-electron chi connectivity index (χ0n) is 12.2. The van der Waals surface area contributed by atoms with Gasteiger partial charge in [-0.2, -0.15) is 5.10 Å². The summed E-state index contributed by atoms with van der Waals surface area (Å²) < 4.78 is 20.5. The molecule has 0 saturated carbocycles. The standard InChI is InChI=1S/C15H19ClFN3O/c1-11-12(8-18-6-7-21-2)9-20(19-11)10-13-14(16)4-3-5-15(13)17/h3-5,9,18H,6-8,10H2,1-2H3. The number of hydrogen-bond donors (Lipinski definition) is 1. The van der Waals surface area contributed by atoms with E-state index >= 15 is 0 Å². The Balaban J connectivity index is 2.05. The monoisotopic (exact) mass is 311 g/mol. The summed E-state index contributed by atoms with van der Waals surface area (Å²) in [4.78, 5) is 0. The van der Waals surface area contributed by atoms with E-state index in [0.717, 1.165) is 17.8 Å². The van der Waals surface area contributed by atoms with Crippen LogP contribution in [0.15, 0.2) is 24.4 Å². The summed E-state index contributed by atoms with van der Waals surface area (Å²) in [7, 11) is 1.67. The van der Waals surface area contributed by atoms with Gasteiger partial charge in [0.2, 0.25) is 0 Å². The molecule has 1 N–H and O–H groups in total. The Labute approximate surface area is 128 Å². The molecule has 0 spiro atoms. The van der Waals surface area contributed by atoms with Crippen LogP contribution >= 0.6 is 11.6 Å². The van der Waals surface area contributed by atoms with Gasteiger partial charge in [0, 0.05) is 42.5 Å². The number of benzene rings is 1. The van der Waals surface area contributed by atoms with Crippen molar-refractivity contribution in [1.82, 2.24) is 15.1 Å².